The standard InChI is InChI=1S/C11H21NO3/c1-4-11(5-2)14-9-7(3)12-6-8(13)10(9)15-11/h7-10,12-13H,4-6H2,1-3H3/t7-,8+,9+,10-/m0/s1. The lowest BCUT2D eigenvalue weighted by Gasteiger charge is -2.33. The van der Waals surface area contributed by atoms with E-state index in [0.717, 1.165) is 12.8 Å². The highest BCUT2D eigenvalue weighted by atomic mass is 16.8. The van der Waals surface area contributed by atoms with Crippen LogP contribution in [0.5, 0.6) is 0 Å². The van der Waals surface area contributed by atoms with Crippen molar-refractivity contribution >= 4 is 0 Å². The molecule has 2 heterocycles. The van der Waals surface area contributed by atoms with Crippen molar-refractivity contribution in [2.45, 2.75) is 63.8 Å². The Kier molecular flexibility index (Phi) is 3.03. The molecule has 0 spiro atoms. The molecule has 88 valence electrons. The number of β-amino-alcohol motifs (C(OH)–C–C–N with tert-alkyl or cyclic N) is 1. The summed E-state index contributed by atoms with van der Waals surface area (Å²) in [6, 6.07) is 0.248. The highest BCUT2D eigenvalue weighted by molar-refractivity contribution is 4.98. The van der Waals surface area contributed by atoms with Crippen LogP contribution in [0.15, 0.2) is 0 Å². The van der Waals surface area contributed by atoms with Gasteiger partial charge in [-0.15, -0.1) is 0 Å². The van der Waals surface area contributed by atoms with Gasteiger partial charge in [0.1, 0.15) is 12.2 Å². The van der Waals surface area contributed by atoms with Crippen LogP contribution in [-0.4, -0.2) is 41.8 Å². The van der Waals surface area contributed by atoms with Gasteiger partial charge in [0.2, 0.25) is 0 Å². The number of aliphatic hydroxyl groups excluding tert-OH is 1. The predicted octanol–water partition coefficient (Wildman–Crippen LogP) is 0.639. The first-order valence-electron chi connectivity index (χ1n) is 5.89. The van der Waals surface area contributed by atoms with Gasteiger partial charge in [-0.2, -0.15) is 0 Å². The van der Waals surface area contributed by atoms with Crippen LogP contribution in [0.25, 0.3) is 0 Å². The van der Waals surface area contributed by atoms with Gasteiger partial charge < -0.3 is 19.9 Å². The lowest BCUT2D eigenvalue weighted by molar-refractivity contribution is -0.184. The molecule has 4 atom stereocenters. The lowest BCUT2D eigenvalue weighted by Crippen LogP contribution is -2.57. The molecular formula is C11H21NO3. The maximum absolute atomic E-state index is 9.85. The maximum atomic E-state index is 9.85. The average molecular weight is 215 g/mol. The fourth-order valence-corrected chi connectivity index (χ4v) is 2.46. The first-order valence-corrected chi connectivity index (χ1v) is 5.89. The van der Waals surface area contributed by atoms with Crippen LogP contribution in [0.1, 0.15) is 33.6 Å². The zero-order chi connectivity index (χ0) is 11.1. The van der Waals surface area contributed by atoms with E-state index >= 15 is 0 Å². The van der Waals surface area contributed by atoms with Crippen molar-refractivity contribution in [3.05, 3.63) is 0 Å². The Balaban J connectivity index is 2.15. The number of fused-ring (bicyclic) bond motifs is 1. The normalized spacial score (nSPS) is 44.0. The molecular weight excluding hydrogens is 194 g/mol. The zero-order valence-electron chi connectivity index (χ0n) is 9.69. The minimum atomic E-state index is -0.476. The second-order valence-corrected chi connectivity index (χ2v) is 4.55. The number of nitrogens with one attached hydrogen (secondary N) is 1. The third-order valence-corrected chi connectivity index (χ3v) is 3.62. The quantitative estimate of drug-likeness (QED) is 0.709. The molecule has 2 fully saturated rings. The number of hydrogen-bond acceptors (Lipinski definition) is 4. The number of ether oxygens (including phenoxy) is 2. The van der Waals surface area contributed by atoms with Gasteiger partial charge in [-0.1, -0.05) is 13.8 Å². The van der Waals surface area contributed by atoms with E-state index in [0.29, 0.717) is 6.54 Å². The summed E-state index contributed by atoms with van der Waals surface area (Å²) in [5, 5.41) is 13.1. The molecule has 4 heteroatoms. The minimum Gasteiger partial charge on any atom is -0.389 e. The van der Waals surface area contributed by atoms with Gasteiger partial charge in [0.05, 0.1) is 6.10 Å². The lowest BCUT2D eigenvalue weighted by atomic mass is 9.98. The third-order valence-electron chi connectivity index (χ3n) is 3.62. The largest absolute Gasteiger partial charge is 0.389 e. The summed E-state index contributed by atoms with van der Waals surface area (Å²) in [6.45, 7) is 6.79. The van der Waals surface area contributed by atoms with Gasteiger partial charge in [-0.05, 0) is 19.8 Å². The predicted molar refractivity (Wildman–Crippen MR) is 56.5 cm³/mol. The van der Waals surface area contributed by atoms with E-state index in [4.69, 9.17) is 9.47 Å². The molecule has 15 heavy (non-hydrogen) atoms. The van der Waals surface area contributed by atoms with E-state index in [1.54, 1.807) is 0 Å². The van der Waals surface area contributed by atoms with Crippen molar-refractivity contribution in [3.8, 4) is 0 Å². The Bertz CT molecular complexity index is 210. The van der Waals surface area contributed by atoms with E-state index in [1.165, 1.54) is 0 Å². The van der Waals surface area contributed by atoms with E-state index in [9.17, 15) is 5.11 Å². The summed E-state index contributed by atoms with van der Waals surface area (Å²) in [5.41, 5.74) is 0. The summed E-state index contributed by atoms with van der Waals surface area (Å²) in [5.74, 6) is -0.476. The van der Waals surface area contributed by atoms with Gasteiger partial charge in [0.25, 0.3) is 0 Å². The van der Waals surface area contributed by atoms with Crippen molar-refractivity contribution in [1.82, 2.24) is 5.32 Å². The molecule has 0 aliphatic carbocycles. The smallest absolute Gasteiger partial charge is 0.168 e. The first kappa shape index (κ1) is 11.3. The van der Waals surface area contributed by atoms with E-state index in [1.807, 2.05) is 0 Å². The molecule has 0 aromatic heterocycles. The Morgan fingerprint density at radius 1 is 1.27 bits per heavy atom. The Morgan fingerprint density at radius 3 is 2.40 bits per heavy atom. The molecule has 0 saturated carbocycles. The van der Waals surface area contributed by atoms with Gasteiger partial charge in [0.15, 0.2) is 5.79 Å². The van der Waals surface area contributed by atoms with Gasteiger partial charge >= 0.3 is 0 Å². The molecule has 0 aromatic carbocycles. The topological polar surface area (TPSA) is 50.7 Å². The monoisotopic (exact) mass is 215 g/mol. The van der Waals surface area contributed by atoms with Crippen LogP contribution in [0.2, 0.25) is 0 Å². The van der Waals surface area contributed by atoms with Crippen LogP contribution in [0, 0.1) is 0 Å². The molecule has 2 N–H and O–H groups in total. The summed E-state index contributed by atoms with van der Waals surface area (Å²) < 4.78 is 11.9. The van der Waals surface area contributed by atoms with E-state index in [2.05, 4.69) is 26.1 Å². The molecule has 0 bridgehead atoms. The average Bonchev–Trinajstić information content (AvgIpc) is 2.65. The number of piperidine rings is 1. The molecule has 0 amide bonds. The van der Waals surface area contributed by atoms with Crippen LogP contribution in [0.4, 0.5) is 0 Å². The van der Waals surface area contributed by atoms with Gasteiger partial charge in [0, 0.05) is 12.6 Å². The summed E-state index contributed by atoms with van der Waals surface area (Å²) >= 11 is 0. The Labute approximate surface area is 90.9 Å². The highest BCUT2D eigenvalue weighted by Gasteiger charge is 2.51. The van der Waals surface area contributed by atoms with Crippen LogP contribution >= 0.6 is 0 Å². The van der Waals surface area contributed by atoms with E-state index < -0.39 is 11.9 Å². The summed E-state index contributed by atoms with van der Waals surface area (Å²) in [6.07, 6.45) is 1.02. The molecule has 2 aliphatic rings. The van der Waals surface area contributed by atoms with Crippen LogP contribution in [0.3, 0.4) is 0 Å². The summed E-state index contributed by atoms with van der Waals surface area (Å²) in [7, 11) is 0. The van der Waals surface area contributed by atoms with Crippen molar-refractivity contribution in [2.75, 3.05) is 6.54 Å². The van der Waals surface area contributed by atoms with Crippen LogP contribution in [-0.2, 0) is 9.47 Å². The molecule has 0 radical (unpaired) electrons. The van der Waals surface area contributed by atoms with Crippen LogP contribution < -0.4 is 5.32 Å². The fraction of sp³-hybridized carbons (Fsp3) is 1.00. The molecule has 2 saturated heterocycles. The van der Waals surface area contributed by atoms with Crippen molar-refractivity contribution < 1.29 is 14.6 Å². The first-order chi connectivity index (χ1) is 7.12. The van der Waals surface area contributed by atoms with E-state index in [-0.39, 0.29) is 18.2 Å². The van der Waals surface area contributed by atoms with Gasteiger partial charge in [-0.3, -0.25) is 0 Å². The zero-order valence-corrected chi connectivity index (χ0v) is 9.69. The summed E-state index contributed by atoms with van der Waals surface area (Å²) in [4.78, 5) is 0. The Morgan fingerprint density at radius 2 is 1.87 bits per heavy atom. The number of aliphatic hydroxyl groups is 1. The van der Waals surface area contributed by atoms with Gasteiger partial charge in [-0.25, -0.2) is 0 Å². The van der Waals surface area contributed by atoms with Crippen molar-refractivity contribution in [1.29, 1.82) is 0 Å². The van der Waals surface area contributed by atoms with Crippen molar-refractivity contribution in [2.24, 2.45) is 0 Å². The maximum Gasteiger partial charge on any atom is 0.168 e. The second-order valence-electron chi connectivity index (χ2n) is 4.55. The fourth-order valence-electron chi connectivity index (χ4n) is 2.46. The molecule has 2 rings (SSSR count). The highest BCUT2D eigenvalue weighted by Crippen LogP contribution is 2.38. The Hall–Kier alpha value is -0.160. The third kappa shape index (κ3) is 1.80. The molecule has 0 unspecified atom stereocenters. The molecule has 2 aliphatic heterocycles. The molecule has 0 aromatic rings. The molecule has 4 nitrogen and oxygen atoms in total. The number of rotatable bonds is 2. The second kappa shape index (κ2) is 4.01. The SMILES string of the molecule is CCC1(CC)O[C@@H]2[C@H](O1)[C@H](C)NC[C@H]2O. The number of hydrogen-bond donors (Lipinski definition) is 2. The van der Waals surface area contributed by atoms with Crippen molar-refractivity contribution in [3.63, 3.8) is 0 Å². The minimum absolute atomic E-state index is 0.0198.